The van der Waals surface area contributed by atoms with Gasteiger partial charge in [0.05, 0.1) is 11.9 Å². The number of aromatic nitrogens is 1. The highest BCUT2D eigenvalue weighted by molar-refractivity contribution is 5.91. The van der Waals surface area contributed by atoms with Crippen LogP contribution >= 0.6 is 0 Å². The van der Waals surface area contributed by atoms with Crippen LogP contribution in [0.4, 0.5) is 10.5 Å². The molecule has 1 atom stereocenters. The van der Waals surface area contributed by atoms with Gasteiger partial charge in [-0.05, 0) is 26.0 Å². The maximum Gasteiger partial charge on any atom is 0.325 e. The minimum absolute atomic E-state index is 0.515. The van der Waals surface area contributed by atoms with Crippen LogP contribution in [-0.4, -0.2) is 28.1 Å². The number of amides is 2. The summed E-state index contributed by atoms with van der Waals surface area (Å²) in [5.74, 6) is -1.09. The third kappa shape index (κ3) is 3.56. The SMILES string of the molecule is Cc1ccc(NC(=O)N[C@H](C)C(=O)O)cn1. The Morgan fingerprint density at radius 1 is 1.44 bits per heavy atom. The first-order chi connectivity index (χ1) is 7.49. The van der Waals surface area contributed by atoms with Crippen molar-refractivity contribution in [3.63, 3.8) is 0 Å². The number of aryl methyl sites for hydroxylation is 1. The Morgan fingerprint density at radius 2 is 2.12 bits per heavy atom. The molecule has 0 saturated heterocycles. The number of anilines is 1. The maximum atomic E-state index is 11.3. The number of rotatable bonds is 3. The summed E-state index contributed by atoms with van der Waals surface area (Å²) in [5.41, 5.74) is 1.35. The summed E-state index contributed by atoms with van der Waals surface area (Å²) in [5, 5.41) is 13.3. The normalized spacial score (nSPS) is 11.6. The Hall–Kier alpha value is -2.11. The molecule has 6 heteroatoms. The van der Waals surface area contributed by atoms with E-state index in [9.17, 15) is 9.59 Å². The van der Waals surface area contributed by atoms with Crippen LogP contribution in [0.15, 0.2) is 18.3 Å². The van der Waals surface area contributed by atoms with Crippen LogP contribution in [0.2, 0.25) is 0 Å². The largest absolute Gasteiger partial charge is 0.480 e. The van der Waals surface area contributed by atoms with E-state index in [0.29, 0.717) is 5.69 Å². The summed E-state index contributed by atoms with van der Waals surface area (Å²) >= 11 is 0. The topological polar surface area (TPSA) is 91.3 Å². The van der Waals surface area contributed by atoms with Crippen LogP contribution in [-0.2, 0) is 4.79 Å². The molecule has 0 aliphatic carbocycles. The zero-order chi connectivity index (χ0) is 12.1. The summed E-state index contributed by atoms with van der Waals surface area (Å²) < 4.78 is 0. The number of carbonyl (C=O) groups is 2. The summed E-state index contributed by atoms with van der Waals surface area (Å²) in [7, 11) is 0. The van der Waals surface area contributed by atoms with Gasteiger partial charge in [-0.3, -0.25) is 9.78 Å². The second kappa shape index (κ2) is 5.11. The van der Waals surface area contributed by atoms with Gasteiger partial charge in [-0.25, -0.2) is 4.79 Å². The van der Waals surface area contributed by atoms with Crippen molar-refractivity contribution in [3.05, 3.63) is 24.0 Å². The van der Waals surface area contributed by atoms with Crippen molar-refractivity contribution >= 4 is 17.7 Å². The highest BCUT2D eigenvalue weighted by atomic mass is 16.4. The number of carbonyl (C=O) groups excluding carboxylic acids is 1. The molecule has 1 aromatic heterocycles. The van der Waals surface area contributed by atoms with Crippen molar-refractivity contribution in [1.82, 2.24) is 10.3 Å². The fourth-order valence-electron chi connectivity index (χ4n) is 0.967. The first kappa shape index (κ1) is 12.0. The van der Waals surface area contributed by atoms with E-state index in [1.807, 2.05) is 6.92 Å². The number of hydrogen-bond acceptors (Lipinski definition) is 3. The molecule has 0 aliphatic rings. The van der Waals surface area contributed by atoms with E-state index in [-0.39, 0.29) is 0 Å². The number of carboxylic acids is 1. The molecule has 0 fully saturated rings. The molecule has 0 aliphatic heterocycles. The highest BCUT2D eigenvalue weighted by Gasteiger charge is 2.13. The van der Waals surface area contributed by atoms with Crippen molar-refractivity contribution in [2.75, 3.05) is 5.32 Å². The molecule has 0 bridgehead atoms. The number of urea groups is 1. The summed E-state index contributed by atoms with van der Waals surface area (Å²) in [6.45, 7) is 3.21. The molecule has 0 unspecified atom stereocenters. The van der Waals surface area contributed by atoms with Crippen LogP contribution in [0.5, 0.6) is 0 Å². The van der Waals surface area contributed by atoms with Gasteiger partial charge in [-0.1, -0.05) is 0 Å². The zero-order valence-corrected chi connectivity index (χ0v) is 9.02. The van der Waals surface area contributed by atoms with Gasteiger partial charge in [-0.15, -0.1) is 0 Å². The van der Waals surface area contributed by atoms with Crippen molar-refractivity contribution < 1.29 is 14.7 Å². The molecule has 2 amide bonds. The molecule has 3 N–H and O–H groups in total. The second-order valence-corrected chi connectivity index (χ2v) is 3.35. The van der Waals surface area contributed by atoms with Crippen molar-refractivity contribution in [2.45, 2.75) is 19.9 Å². The molecule has 86 valence electrons. The Bertz CT molecular complexity index is 389. The van der Waals surface area contributed by atoms with E-state index in [1.165, 1.54) is 13.1 Å². The van der Waals surface area contributed by atoms with Gasteiger partial charge in [0.1, 0.15) is 6.04 Å². The Labute approximate surface area is 92.7 Å². The van der Waals surface area contributed by atoms with Crippen LogP contribution in [0.1, 0.15) is 12.6 Å². The summed E-state index contributed by atoms with van der Waals surface area (Å²) in [4.78, 5) is 25.8. The molecule has 0 spiro atoms. The summed E-state index contributed by atoms with van der Waals surface area (Å²) in [6.07, 6.45) is 1.50. The molecule has 6 nitrogen and oxygen atoms in total. The van der Waals surface area contributed by atoms with Gasteiger partial charge >= 0.3 is 12.0 Å². The van der Waals surface area contributed by atoms with Gasteiger partial charge < -0.3 is 15.7 Å². The standard InChI is InChI=1S/C10H13N3O3/c1-6-3-4-8(5-11-6)13-10(16)12-7(2)9(14)15/h3-5,7H,1-2H3,(H,14,15)(H2,12,13,16)/t7-/m1/s1. The number of pyridine rings is 1. The molecule has 1 heterocycles. The molecular weight excluding hydrogens is 210 g/mol. The van der Waals surface area contributed by atoms with Gasteiger partial charge in [0.25, 0.3) is 0 Å². The minimum Gasteiger partial charge on any atom is -0.480 e. The van der Waals surface area contributed by atoms with Gasteiger partial charge in [0.15, 0.2) is 0 Å². The Morgan fingerprint density at radius 3 is 2.62 bits per heavy atom. The number of aliphatic carboxylic acids is 1. The number of nitrogens with zero attached hydrogens (tertiary/aromatic N) is 1. The van der Waals surface area contributed by atoms with Crippen LogP contribution < -0.4 is 10.6 Å². The lowest BCUT2D eigenvalue weighted by Crippen LogP contribution is -2.40. The quantitative estimate of drug-likeness (QED) is 0.712. The van der Waals surface area contributed by atoms with E-state index in [4.69, 9.17) is 5.11 Å². The van der Waals surface area contributed by atoms with E-state index < -0.39 is 18.0 Å². The minimum atomic E-state index is -1.09. The lowest BCUT2D eigenvalue weighted by atomic mass is 10.3. The monoisotopic (exact) mass is 223 g/mol. The smallest absolute Gasteiger partial charge is 0.325 e. The van der Waals surface area contributed by atoms with Crippen LogP contribution in [0.25, 0.3) is 0 Å². The predicted octanol–water partition coefficient (Wildman–Crippen LogP) is 0.985. The molecule has 16 heavy (non-hydrogen) atoms. The number of carboxylic acid groups (broad SMARTS) is 1. The third-order valence-corrected chi connectivity index (χ3v) is 1.89. The van der Waals surface area contributed by atoms with E-state index in [2.05, 4.69) is 15.6 Å². The van der Waals surface area contributed by atoms with E-state index in [0.717, 1.165) is 5.69 Å². The van der Waals surface area contributed by atoms with E-state index in [1.54, 1.807) is 12.1 Å². The second-order valence-electron chi connectivity index (χ2n) is 3.35. The third-order valence-electron chi connectivity index (χ3n) is 1.89. The zero-order valence-electron chi connectivity index (χ0n) is 9.02. The molecule has 1 aromatic rings. The fourth-order valence-corrected chi connectivity index (χ4v) is 0.967. The van der Waals surface area contributed by atoms with Gasteiger partial charge in [0.2, 0.25) is 0 Å². The molecule has 1 rings (SSSR count). The van der Waals surface area contributed by atoms with Gasteiger partial charge in [-0.2, -0.15) is 0 Å². The molecule has 0 saturated carbocycles. The first-order valence-corrected chi connectivity index (χ1v) is 4.72. The predicted molar refractivity (Wildman–Crippen MR) is 58.2 cm³/mol. The van der Waals surface area contributed by atoms with Crippen molar-refractivity contribution in [2.24, 2.45) is 0 Å². The number of hydrogen-bond donors (Lipinski definition) is 3. The average molecular weight is 223 g/mol. The summed E-state index contributed by atoms with van der Waals surface area (Å²) in [6, 6.07) is 1.93. The van der Waals surface area contributed by atoms with Crippen molar-refractivity contribution in [3.8, 4) is 0 Å². The Kier molecular flexibility index (Phi) is 3.82. The lowest BCUT2D eigenvalue weighted by Gasteiger charge is -2.10. The fraction of sp³-hybridized carbons (Fsp3) is 0.300. The van der Waals surface area contributed by atoms with Crippen LogP contribution in [0.3, 0.4) is 0 Å². The first-order valence-electron chi connectivity index (χ1n) is 4.72. The number of nitrogens with one attached hydrogen (secondary N) is 2. The van der Waals surface area contributed by atoms with E-state index >= 15 is 0 Å². The van der Waals surface area contributed by atoms with Crippen LogP contribution in [0, 0.1) is 6.92 Å². The maximum absolute atomic E-state index is 11.3. The lowest BCUT2D eigenvalue weighted by molar-refractivity contribution is -0.138. The van der Waals surface area contributed by atoms with Gasteiger partial charge in [0, 0.05) is 5.69 Å². The molecule has 0 aromatic carbocycles. The Balaban J connectivity index is 2.52. The molecular formula is C10H13N3O3. The molecule has 0 radical (unpaired) electrons. The van der Waals surface area contributed by atoms with Crippen molar-refractivity contribution in [1.29, 1.82) is 0 Å². The average Bonchev–Trinajstić information content (AvgIpc) is 2.21. The highest BCUT2D eigenvalue weighted by Crippen LogP contribution is 2.04.